The molecule has 0 aliphatic carbocycles. The minimum absolute atomic E-state index is 0.0152. The van der Waals surface area contributed by atoms with Crippen molar-refractivity contribution in [2.24, 2.45) is 0 Å². The van der Waals surface area contributed by atoms with E-state index in [0.717, 1.165) is 31.2 Å². The van der Waals surface area contributed by atoms with Gasteiger partial charge in [0.1, 0.15) is 12.2 Å². The van der Waals surface area contributed by atoms with E-state index in [2.05, 4.69) is 0 Å². The SMILES string of the molecule is CCc1ccc2c(COC(=O)c3ccccc3S(=O)(=O)N3CCCCC3)cc(=O)oc2c1. The molecule has 1 aliphatic heterocycles. The fourth-order valence-electron chi connectivity index (χ4n) is 3.94. The molecule has 1 aromatic heterocycles. The van der Waals surface area contributed by atoms with Crippen molar-refractivity contribution in [3.63, 3.8) is 0 Å². The minimum Gasteiger partial charge on any atom is -0.457 e. The van der Waals surface area contributed by atoms with Crippen molar-refractivity contribution in [1.82, 2.24) is 4.31 Å². The quantitative estimate of drug-likeness (QED) is 0.414. The minimum atomic E-state index is -3.80. The van der Waals surface area contributed by atoms with Crippen LogP contribution < -0.4 is 5.63 Å². The summed E-state index contributed by atoms with van der Waals surface area (Å²) in [6.07, 6.45) is 3.39. The van der Waals surface area contributed by atoms with Gasteiger partial charge in [0, 0.05) is 30.1 Å². The maximum absolute atomic E-state index is 13.1. The van der Waals surface area contributed by atoms with E-state index in [1.807, 2.05) is 19.1 Å². The monoisotopic (exact) mass is 455 g/mol. The second-order valence-electron chi connectivity index (χ2n) is 7.81. The number of rotatable bonds is 6. The largest absolute Gasteiger partial charge is 0.457 e. The van der Waals surface area contributed by atoms with Crippen molar-refractivity contribution >= 4 is 27.0 Å². The van der Waals surface area contributed by atoms with Gasteiger partial charge in [-0.2, -0.15) is 4.31 Å². The van der Waals surface area contributed by atoms with Gasteiger partial charge >= 0.3 is 11.6 Å². The highest BCUT2D eigenvalue weighted by Gasteiger charge is 2.30. The molecule has 3 aromatic rings. The molecular weight excluding hydrogens is 430 g/mol. The van der Waals surface area contributed by atoms with E-state index in [1.165, 1.54) is 22.5 Å². The zero-order chi connectivity index (χ0) is 22.7. The van der Waals surface area contributed by atoms with Gasteiger partial charge < -0.3 is 9.15 Å². The highest BCUT2D eigenvalue weighted by molar-refractivity contribution is 7.89. The first-order chi connectivity index (χ1) is 15.4. The van der Waals surface area contributed by atoms with Gasteiger partial charge in [-0.05, 0) is 43.0 Å². The molecule has 0 unspecified atom stereocenters. The maximum atomic E-state index is 13.1. The molecule has 8 heteroatoms. The lowest BCUT2D eigenvalue weighted by Crippen LogP contribution is -2.36. The average molecular weight is 456 g/mol. The van der Waals surface area contributed by atoms with E-state index in [9.17, 15) is 18.0 Å². The standard InChI is InChI=1S/C24H25NO6S/c1-2-17-10-11-19-18(15-23(26)31-21(19)14-17)16-30-24(27)20-8-4-5-9-22(20)32(28,29)25-12-6-3-7-13-25/h4-5,8-11,14-15H,2-3,6-7,12-13,16H2,1H3. The first kappa shape index (κ1) is 22.2. The van der Waals surface area contributed by atoms with Crippen LogP contribution in [0.5, 0.6) is 0 Å². The number of carbonyl (C=O) groups is 1. The van der Waals surface area contributed by atoms with Gasteiger partial charge in [0.25, 0.3) is 0 Å². The van der Waals surface area contributed by atoms with Gasteiger partial charge in [-0.15, -0.1) is 0 Å². The number of benzene rings is 2. The molecule has 1 aliphatic rings. The fourth-order valence-corrected chi connectivity index (χ4v) is 5.64. The Morgan fingerprint density at radius 1 is 1.06 bits per heavy atom. The molecule has 0 saturated carbocycles. The zero-order valence-corrected chi connectivity index (χ0v) is 18.7. The van der Waals surface area contributed by atoms with Crippen molar-refractivity contribution in [2.45, 2.75) is 44.1 Å². The number of esters is 1. The highest BCUT2D eigenvalue weighted by Crippen LogP contribution is 2.25. The predicted octanol–water partition coefficient (Wildman–Crippen LogP) is 3.89. The Hall–Kier alpha value is -2.97. The predicted molar refractivity (Wildman–Crippen MR) is 120 cm³/mol. The van der Waals surface area contributed by atoms with Crippen molar-refractivity contribution in [3.05, 3.63) is 75.6 Å². The van der Waals surface area contributed by atoms with Crippen LogP contribution in [0, 0.1) is 0 Å². The van der Waals surface area contributed by atoms with E-state index >= 15 is 0 Å². The third-order valence-corrected chi connectivity index (χ3v) is 7.66. The Balaban J connectivity index is 1.60. The summed E-state index contributed by atoms with van der Waals surface area (Å²) >= 11 is 0. The number of sulfonamides is 1. The van der Waals surface area contributed by atoms with Crippen LogP contribution in [0.25, 0.3) is 11.0 Å². The smallest absolute Gasteiger partial charge is 0.339 e. The first-order valence-electron chi connectivity index (χ1n) is 10.7. The van der Waals surface area contributed by atoms with Crippen LogP contribution in [0.4, 0.5) is 0 Å². The van der Waals surface area contributed by atoms with Crippen molar-refractivity contribution in [2.75, 3.05) is 13.1 Å². The summed E-state index contributed by atoms with van der Waals surface area (Å²) in [5.74, 6) is -0.757. The van der Waals surface area contributed by atoms with E-state index in [0.29, 0.717) is 29.6 Å². The fraction of sp³-hybridized carbons (Fsp3) is 0.333. The van der Waals surface area contributed by atoms with Crippen LogP contribution in [0.15, 0.2) is 62.6 Å². The van der Waals surface area contributed by atoms with Crippen LogP contribution in [-0.2, 0) is 27.8 Å². The number of hydrogen-bond donors (Lipinski definition) is 0. The van der Waals surface area contributed by atoms with Crippen LogP contribution >= 0.6 is 0 Å². The van der Waals surface area contributed by atoms with Gasteiger partial charge in [-0.1, -0.05) is 37.6 Å². The van der Waals surface area contributed by atoms with Crippen molar-refractivity contribution in [3.8, 4) is 0 Å². The van der Waals surface area contributed by atoms with Gasteiger partial charge in [0.2, 0.25) is 10.0 Å². The van der Waals surface area contributed by atoms with Crippen molar-refractivity contribution in [1.29, 1.82) is 0 Å². The molecule has 0 spiro atoms. The Kier molecular flexibility index (Phi) is 6.43. The normalized spacial score (nSPS) is 15.0. The molecule has 0 N–H and O–H groups in total. The third kappa shape index (κ3) is 4.47. The number of carbonyl (C=O) groups excluding carboxylic acids is 1. The van der Waals surface area contributed by atoms with Crippen LogP contribution in [0.1, 0.15) is 47.7 Å². The molecule has 1 saturated heterocycles. The van der Waals surface area contributed by atoms with Gasteiger partial charge in [-0.3, -0.25) is 0 Å². The Bertz CT molecular complexity index is 1310. The number of aryl methyl sites for hydroxylation is 1. The topological polar surface area (TPSA) is 93.9 Å². The number of nitrogens with zero attached hydrogens (tertiary/aromatic N) is 1. The zero-order valence-electron chi connectivity index (χ0n) is 17.9. The maximum Gasteiger partial charge on any atom is 0.339 e. The highest BCUT2D eigenvalue weighted by atomic mass is 32.2. The molecule has 4 rings (SSSR count). The molecule has 0 radical (unpaired) electrons. The van der Waals surface area contributed by atoms with E-state index in [1.54, 1.807) is 18.2 Å². The number of piperidine rings is 1. The lowest BCUT2D eigenvalue weighted by Gasteiger charge is -2.26. The summed E-state index contributed by atoms with van der Waals surface area (Å²) in [6.45, 7) is 2.71. The molecule has 2 heterocycles. The summed E-state index contributed by atoms with van der Waals surface area (Å²) in [7, 11) is -3.80. The van der Waals surface area contributed by atoms with E-state index in [-0.39, 0.29) is 17.1 Å². The van der Waals surface area contributed by atoms with Gasteiger partial charge in [0.15, 0.2) is 0 Å². The van der Waals surface area contributed by atoms with Crippen LogP contribution in [0.3, 0.4) is 0 Å². The van der Waals surface area contributed by atoms with E-state index < -0.39 is 21.6 Å². The van der Waals surface area contributed by atoms with Crippen LogP contribution in [-0.4, -0.2) is 31.8 Å². The second kappa shape index (κ2) is 9.26. The Labute approximate surface area is 186 Å². The molecule has 0 amide bonds. The van der Waals surface area contributed by atoms with Crippen molar-refractivity contribution < 1.29 is 22.4 Å². The van der Waals surface area contributed by atoms with Gasteiger partial charge in [-0.25, -0.2) is 18.0 Å². The second-order valence-corrected chi connectivity index (χ2v) is 9.72. The first-order valence-corrected chi connectivity index (χ1v) is 12.2. The molecule has 168 valence electrons. The summed E-state index contributed by atoms with van der Waals surface area (Å²) in [5, 5.41) is 0.670. The summed E-state index contributed by atoms with van der Waals surface area (Å²) in [4.78, 5) is 24.8. The molecule has 0 atom stereocenters. The molecule has 1 fully saturated rings. The summed E-state index contributed by atoms with van der Waals surface area (Å²) in [5.41, 5.74) is 1.40. The molecule has 7 nitrogen and oxygen atoms in total. The summed E-state index contributed by atoms with van der Waals surface area (Å²) in [6, 6.07) is 12.9. The summed E-state index contributed by atoms with van der Waals surface area (Å²) < 4.78 is 38.4. The lowest BCUT2D eigenvalue weighted by molar-refractivity contribution is 0.0469. The van der Waals surface area contributed by atoms with E-state index in [4.69, 9.17) is 9.15 Å². The number of ether oxygens (including phenoxy) is 1. The Morgan fingerprint density at radius 3 is 2.56 bits per heavy atom. The third-order valence-electron chi connectivity index (χ3n) is 5.70. The van der Waals surface area contributed by atoms with Crippen LogP contribution in [0.2, 0.25) is 0 Å². The molecule has 32 heavy (non-hydrogen) atoms. The Morgan fingerprint density at radius 2 is 1.81 bits per heavy atom. The van der Waals surface area contributed by atoms with Gasteiger partial charge in [0.05, 0.1) is 10.5 Å². The molecule has 2 aromatic carbocycles. The average Bonchev–Trinajstić information content (AvgIpc) is 2.82. The number of fused-ring (bicyclic) bond motifs is 1. The lowest BCUT2D eigenvalue weighted by atomic mass is 10.1. The molecule has 0 bridgehead atoms. The molecular formula is C24H25NO6S. The number of hydrogen-bond acceptors (Lipinski definition) is 6.